The Kier molecular flexibility index (Phi) is 6.61. The van der Waals surface area contributed by atoms with E-state index < -0.39 is 0 Å². The fraction of sp³-hybridized carbons (Fsp3) is 1.00. The van der Waals surface area contributed by atoms with Crippen molar-refractivity contribution in [3.05, 3.63) is 0 Å². The summed E-state index contributed by atoms with van der Waals surface area (Å²) in [7, 11) is 0.354. The minimum atomic E-state index is 0.0260. The summed E-state index contributed by atoms with van der Waals surface area (Å²) in [5.74, 6) is 1.10. The lowest BCUT2D eigenvalue weighted by molar-refractivity contribution is 0.258. The minimum absolute atomic E-state index is 0.0260. The summed E-state index contributed by atoms with van der Waals surface area (Å²) in [6.07, 6.45) is 4.46. The van der Waals surface area contributed by atoms with Gasteiger partial charge in [0, 0.05) is 0 Å². The van der Waals surface area contributed by atoms with Crippen LogP contribution in [0.1, 0.15) is 60.3 Å². The van der Waals surface area contributed by atoms with Crippen LogP contribution in [0.5, 0.6) is 0 Å². The maximum absolute atomic E-state index is 11.5. The van der Waals surface area contributed by atoms with Gasteiger partial charge in [0.1, 0.15) is 0 Å². The van der Waals surface area contributed by atoms with Crippen molar-refractivity contribution in [1.29, 1.82) is 0 Å². The summed E-state index contributed by atoms with van der Waals surface area (Å²) in [6.45, 7) is 11.1. The lowest BCUT2D eigenvalue weighted by atomic mass is 9.77. The van der Waals surface area contributed by atoms with Crippen LogP contribution in [-0.2, 0) is 4.57 Å². The zero-order valence-corrected chi connectivity index (χ0v) is 11.2. The van der Waals surface area contributed by atoms with Gasteiger partial charge in [-0.3, -0.25) is 4.57 Å². The van der Waals surface area contributed by atoms with Gasteiger partial charge in [-0.15, -0.1) is 0 Å². The molecule has 0 heterocycles. The van der Waals surface area contributed by atoms with E-state index in [2.05, 4.69) is 34.6 Å². The third kappa shape index (κ3) is 2.79. The van der Waals surface area contributed by atoms with Crippen LogP contribution in [0.15, 0.2) is 0 Å². The van der Waals surface area contributed by atoms with Crippen molar-refractivity contribution in [1.82, 2.24) is 0 Å². The van der Waals surface area contributed by atoms with E-state index in [4.69, 9.17) is 0 Å². The van der Waals surface area contributed by atoms with E-state index in [-0.39, 0.29) is 5.16 Å². The van der Waals surface area contributed by atoms with Crippen LogP contribution in [0.4, 0.5) is 0 Å². The Bertz CT molecular complexity index is 158. The first-order chi connectivity index (χ1) is 6.58. The fourth-order valence-electron chi connectivity index (χ4n) is 2.31. The molecule has 0 aromatic carbocycles. The average Bonchev–Trinajstić information content (AvgIpc) is 2.23. The molecule has 0 rings (SSSR count). The van der Waals surface area contributed by atoms with Crippen molar-refractivity contribution in [2.75, 3.05) is 0 Å². The second-order valence-corrected chi connectivity index (χ2v) is 5.47. The molecule has 14 heavy (non-hydrogen) atoms. The average molecular weight is 216 g/mol. The first-order valence-corrected chi connectivity index (χ1v) is 6.74. The summed E-state index contributed by atoms with van der Waals surface area (Å²) in [5.41, 5.74) is 0. The third-order valence-electron chi connectivity index (χ3n) is 3.75. The molecular weight excluding hydrogens is 191 g/mol. The summed E-state index contributed by atoms with van der Waals surface area (Å²) in [6, 6.07) is 0. The molecule has 0 spiro atoms. The molecular formula is C12H25OP. The highest BCUT2D eigenvalue weighted by Crippen LogP contribution is 2.45. The zero-order valence-electron chi connectivity index (χ0n) is 10.3. The highest BCUT2D eigenvalue weighted by Gasteiger charge is 2.39. The number of hydrogen-bond donors (Lipinski definition) is 0. The summed E-state index contributed by atoms with van der Waals surface area (Å²) in [4.78, 5) is 0. The van der Waals surface area contributed by atoms with Crippen LogP contribution in [0.2, 0.25) is 0 Å². The topological polar surface area (TPSA) is 17.1 Å². The summed E-state index contributed by atoms with van der Waals surface area (Å²) < 4.78 is 11.5. The standard InChI is InChI=1S/C12H25OP/c1-6-9-12(14-13,10(4)7-2)11(5)8-3/h10-11H,6-9H2,1-5H3. The van der Waals surface area contributed by atoms with Crippen molar-refractivity contribution >= 4 is 8.46 Å². The van der Waals surface area contributed by atoms with Crippen molar-refractivity contribution in [2.45, 2.75) is 65.5 Å². The summed E-state index contributed by atoms with van der Waals surface area (Å²) >= 11 is 0. The molecule has 1 nitrogen and oxygen atoms in total. The monoisotopic (exact) mass is 216 g/mol. The fourth-order valence-corrected chi connectivity index (χ4v) is 3.35. The number of rotatable bonds is 7. The Morgan fingerprint density at radius 3 is 1.71 bits per heavy atom. The predicted molar refractivity (Wildman–Crippen MR) is 64.2 cm³/mol. The van der Waals surface area contributed by atoms with Crippen LogP contribution in [0.3, 0.4) is 0 Å². The molecule has 0 aliphatic heterocycles. The van der Waals surface area contributed by atoms with Crippen molar-refractivity contribution in [3.8, 4) is 0 Å². The van der Waals surface area contributed by atoms with E-state index in [1.807, 2.05) is 0 Å². The van der Waals surface area contributed by atoms with Gasteiger partial charge in [-0.1, -0.05) is 53.9 Å². The van der Waals surface area contributed by atoms with Gasteiger partial charge in [-0.2, -0.15) is 0 Å². The van der Waals surface area contributed by atoms with E-state index in [9.17, 15) is 4.57 Å². The van der Waals surface area contributed by atoms with Gasteiger partial charge < -0.3 is 0 Å². The molecule has 0 N–H and O–H groups in total. The summed E-state index contributed by atoms with van der Waals surface area (Å²) in [5, 5.41) is 0.0260. The first kappa shape index (κ1) is 14.1. The largest absolute Gasteiger partial charge is 0.274 e. The molecule has 2 unspecified atom stereocenters. The Hall–Kier alpha value is 0.100. The van der Waals surface area contributed by atoms with E-state index in [0.29, 0.717) is 20.3 Å². The van der Waals surface area contributed by atoms with Gasteiger partial charge in [0.15, 0.2) is 8.46 Å². The predicted octanol–water partition coefficient (Wildman–Crippen LogP) is 4.91. The van der Waals surface area contributed by atoms with E-state index in [1.165, 1.54) is 0 Å². The van der Waals surface area contributed by atoms with E-state index >= 15 is 0 Å². The zero-order chi connectivity index (χ0) is 11.2. The van der Waals surface area contributed by atoms with Gasteiger partial charge in [0.05, 0.1) is 5.16 Å². The normalized spacial score (nSPS) is 20.4. The molecule has 0 aliphatic carbocycles. The van der Waals surface area contributed by atoms with Gasteiger partial charge >= 0.3 is 0 Å². The smallest absolute Gasteiger partial charge is 0.162 e. The molecule has 2 heteroatoms. The molecule has 84 valence electrons. The molecule has 0 saturated carbocycles. The third-order valence-corrected chi connectivity index (χ3v) is 5.20. The van der Waals surface area contributed by atoms with Crippen molar-refractivity contribution in [3.63, 3.8) is 0 Å². The highest BCUT2D eigenvalue weighted by atomic mass is 31.1. The van der Waals surface area contributed by atoms with Crippen molar-refractivity contribution < 1.29 is 4.57 Å². The minimum Gasteiger partial charge on any atom is -0.274 e. The van der Waals surface area contributed by atoms with Crippen molar-refractivity contribution in [2.24, 2.45) is 11.8 Å². The van der Waals surface area contributed by atoms with Crippen LogP contribution >= 0.6 is 8.46 Å². The van der Waals surface area contributed by atoms with E-state index in [0.717, 1.165) is 25.7 Å². The Labute approximate surface area is 90.9 Å². The molecule has 0 aliphatic rings. The Morgan fingerprint density at radius 1 is 1.07 bits per heavy atom. The molecule has 0 saturated heterocycles. The molecule has 0 amide bonds. The second kappa shape index (κ2) is 6.56. The SMILES string of the molecule is CCCC(P=O)(C(C)CC)C(C)CC. The maximum atomic E-state index is 11.5. The quantitative estimate of drug-likeness (QED) is 0.553. The Balaban J connectivity index is 4.85. The number of hydrogen-bond acceptors (Lipinski definition) is 1. The van der Waals surface area contributed by atoms with Gasteiger partial charge in [0.25, 0.3) is 0 Å². The molecule has 2 atom stereocenters. The second-order valence-electron chi connectivity index (χ2n) is 4.45. The van der Waals surface area contributed by atoms with Gasteiger partial charge in [-0.25, -0.2) is 0 Å². The molecule has 0 aromatic heterocycles. The Morgan fingerprint density at radius 2 is 1.50 bits per heavy atom. The van der Waals surface area contributed by atoms with Crippen LogP contribution < -0.4 is 0 Å². The van der Waals surface area contributed by atoms with Gasteiger partial charge in [-0.05, 0) is 18.3 Å². The van der Waals surface area contributed by atoms with E-state index in [1.54, 1.807) is 0 Å². The van der Waals surface area contributed by atoms with Gasteiger partial charge in [0.2, 0.25) is 0 Å². The lowest BCUT2D eigenvalue weighted by Crippen LogP contribution is -2.37. The molecule has 0 bridgehead atoms. The van der Waals surface area contributed by atoms with Crippen LogP contribution in [0.25, 0.3) is 0 Å². The molecule has 0 aromatic rings. The van der Waals surface area contributed by atoms with Crippen LogP contribution in [0, 0.1) is 11.8 Å². The maximum Gasteiger partial charge on any atom is 0.162 e. The first-order valence-electron chi connectivity index (χ1n) is 5.93. The molecule has 0 radical (unpaired) electrons. The molecule has 0 fully saturated rings. The highest BCUT2D eigenvalue weighted by molar-refractivity contribution is 7.26. The van der Waals surface area contributed by atoms with Crippen LogP contribution in [-0.4, -0.2) is 5.16 Å². The lowest BCUT2D eigenvalue weighted by Gasteiger charge is -2.37.